The van der Waals surface area contributed by atoms with Gasteiger partial charge in [-0.25, -0.2) is 0 Å². The Hall–Kier alpha value is -1.84. The highest BCUT2D eigenvalue weighted by molar-refractivity contribution is 6.42. The maximum absolute atomic E-state index is 12.5. The molecule has 0 radical (unpaired) electrons. The molecule has 0 bridgehead atoms. The summed E-state index contributed by atoms with van der Waals surface area (Å²) in [5, 5.41) is 0.872. The van der Waals surface area contributed by atoms with Gasteiger partial charge in [-0.15, -0.1) is 0 Å². The van der Waals surface area contributed by atoms with Crippen LogP contribution in [0.2, 0.25) is 10.0 Å². The second kappa shape index (κ2) is 8.14. The number of carbonyl (C=O) groups is 2. The van der Waals surface area contributed by atoms with E-state index in [1.165, 1.54) is 0 Å². The number of carbonyl (C=O) groups excluding carboxylic acids is 2. The van der Waals surface area contributed by atoms with Crippen molar-refractivity contribution in [3.8, 4) is 0 Å². The van der Waals surface area contributed by atoms with Crippen LogP contribution < -0.4 is 4.90 Å². The molecule has 0 saturated carbocycles. The van der Waals surface area contributed by atoms with E-state index in [9.17, 15) is 9.59 Å². The fourth-order valence-electron chi connectivity index (χ4n) is 2.36. The molecule has 3 nitrogen and oxygen atoms in total. The van der Waals surface area contributed by atoms with Crippen LogP contribution in [0.15, 0.2) is 48.5 Å². The topological polar surface area (TPSA) is 37.4 Å². The first-order valence-corrected chi connectivity index (χ1v) is 7.98. The number of nitrogens with zero attached hydrogens (tertiary/aromatic N) is 1. The van der Waals surface area contributed by atoms with Crippen molar-refractivity contribution in [2.24, 2.45) is 0 Å². The molecular weight excluding hydrogens is 333 g/mol. The molecule has 0 saturated heterocycles. The summed E-state index contributed by atoms with van der Waals surface area (Å²) in [4.78, 5) is 25.1. The Bertz CT molecular complexity index is 689. The molecule has 0 aliphatic rings. The van der Waals surface area contributed by atoms with E-state index in [0.29, 0.717) is 10.0 Å². The molecule has 0 fully saturated rings. The third kappa shape index (κ3) is 4.57. The highest BCUT2D eigenvalue weighted by Gasteiger charge is 2.20. The molecule has 1 amide bonds. The highest BCUT2D eigenvalue weighted by Crippen LogP contribution is 2.30. The number of anilines is 1. The monoisotopic (exact) mass is 349 g/mol. The van der Waals surface area contributed by atoms with Gasteiger partial charge in [0.25, 0.3) is 0 Å². The lowest BCUT2D eigenvalue weighted by Crippen LogP contribution is -2.27. The average molecular weight is 350 g/mol. The van der Waals surface area contributed by atoms with Crippen molar-refractivity contribution in [1.82, 2.24) is 0 Å². The Kier molecular flexibility index (Phi) is 6.20. The van der Waals surface area contributed by atoms with Crippen LogP contribution in [0.4, 0.5) is 5.69 Å². The summed E-state index contributed by atoms with van der Waals surface area (Å²) < 4.78 is 0. The van der Waals surface area contributed by atoms with E-state index < -0.39 is 0 Å². The second-order valence-electron chi connectivity index (χ2n) is 5.27. The zero-order valence-electron chi connectivity index (χ0n) is 12.7. The molecule has 2 rings (SSSR count). The van der Waals surface area contributed by atoms with Gasteiger partial charge in [0, 0.05) is 25.6 Å². The van der Waals surface area contributed by atoms with Crippen LogP contribution in [0.25, 0.3) is 0 Å². The van der Waals surface area contributed by atoms with Crippen molar-refractivity contribution in [2.75, 3.05) is 11.9 Å². The Balaban J connectivity index is 2.17. The van der Waals surface area contributed by atoms with Gasteiger partial charge in [0.1, 0.15) is 6.29 Å². The van der Waals surface area contributed by atoms with Gasteiger partial charge < -0.3 is 9.69 Å². The molecule has 5 heteroatoms. The standard InChI is InChI=1S/C18H17Cl2NO2/c1-21(15-5-3-2-4-6-15)18(23)12-14(9-10-22)13-7-8-16(19)17(20)11-13/h2-8,10-11,14H,9,12H2,1H3. The van der Waals surface area contributed by atoms with Crippen LogP contribution >= 0.6 is 23.2 Å². The number of rotatable bonds is 6. The van der Waals surface area contributed by atoms with E-state index in [2.05, 4.69) is 0 Å². The van der Waals surface area contributed by atoms with Crippen molar-refractivity contribution >= 4 is 41.1 Å². The van der Waals surface area contributed by atoms with Gasteiger partial charge in [-0.2, -0.15) is 0 Å². The maximum Gasteiger partial charge on any atom is 0.227 e. The third-order valence-corrected chi connectivity index (χ3v) is 4.47. The lowest BCUT2D eigenvalue weighted by Gasteiger charge is -2.21. The van der Waals surface area contributed by atoms with Crippen LogP contribution in [-0.2, 0) is 9.59 Å². The number of aldehydes is 1. The number of hydrogen-bond acceptors (Lipinski definition) is 2. The lowest BCUT2D eigenvalue weighted by molar-refractivity contribution is -0.118. The van der Waals surface area contributed by atoms with E-state index in [0.717, 1.165) is 17.5 Å². The van der Waals surface area contributed by atoms with Crippen LogP contribution in [0.3, 0.4) is 0 Å². The molecular formula is C18H17Cl2NO2. The predicted octanol–water partition coefficient (Wildman–Crippen LogP) is 4.72. The van der Waals surface area contributed by atoms with Crippen molar-refractivity contribution in [3.63, 3.8) is 0 Å². The normalized spacial score (nSPS) is 11.8. The second-order valence-corrected chi connectivity index (χ2v) is 6.08. The number of hydrogen-bond donors (Lipinski definition) is 0. The number of amides is 1. The zero-order valence-corrected chi connectivity index (χ0v) is 14.2. The number of benzene rings is 2. The summed E-state index contributed by atoms with van der Waals surface area (Å²) >= 11 is 12.0. The van der Waals surface area contributed by atoms with Crippen molar-refractivity contribution < 1.29 is 9.59 Å². The maximum atomic E-state index is 12.5. The van der Waals surface area contributed by atoms with Crippen molar-refractivity contribution in [1.29, 1.82) is 0 Å². The van der Waals surface area contributed by atoms with E-state index in [1.54, 1.807) is 30.1 Å². The largest absolute Gasteiger partial charge is 0.315 e. The summed E-state index contributed by atoms with van der Waals surface area (Å²) in [6.45, 7) is 0. The van der Waals surface area contributed by atoms with Gasteiger partial charge in [-0.05, 0) is 35.7 Å². The van der Waals surface area contributed by atoms with Crippen LogP contribution in [0.5, 0.6) is 0 Å². The number of halogens is 2. The minimum Gasteiger partial charge on any atom is -0.315 e. The molecule has 1 atom stereocenters. The summed E-state index contributed by atoms with van der Waals surface area (Å²) in [7, 11) is 1.73. The Morgan fingerprint density at radius 1 is 1.13 bits per heavy atom. The van der Waals surface area contributed by atoms with Gasteiger partial charge in [0.05, 0.1) is 10.0 Å². The van der Waals surface area contributed by atoms with E-state index >= 15 is 0 Å². The average Bonchev–Trinajstić information content (AvgIpc) is 2.57. The molecule has 2 aromatic carbocycles. The molecule has 0 aliphatic heterocycles. The molecule has 0 N–H and O–H groups in total. The Morgan fingerprint density at radius 3 is 2.43 bits per heavy atom. The fourth-order valence-corrected chi connectivity index (χ4v) is 2.67. The SMILES string of the molecule is CN(C(=O)CC(CC=O)c1ccc(Cl)c(Cl)c1)c1ccccc1. The minimum atomic E-state index is -0.221. The zero-order chi connectivity index (χ0) is 16.8. The predicted molar refractivity (Wildman–Crippen MR) is 94.4 cm³/mol. The molecule has 2 aromatic rings. The van der Waals surface area contributed by atoms with E-state index in [-0.39, 0.29) is 24.7 Å². The van der Waals surface area contributed by atoms with Gasteiger partial charge in [-0.3, -0.25) is 4.79 Å². The van der Waals surface area contributed by atoms with Gasteiger partial charge >= 0.3 is 0 Å². The summed E-state index contributed by atoms with van der Waals surface area (Å²) in [6, 6.07) is 14.6. The lowest BCUT2D eigenvalue weighted by atomic mass is 9.92. The Labute approximate surface area is 145 Å². The summed E-state index contributed by atoms with van der Waals surface area (Å²) in [5.41, 5.74) is 1.65. The van der Waals surface area contributed by atoms with Crippen LogP contribution in [0, 0.1) is 0 Å². The van der Waals surface area contributed by atoms with Gasteiger partial charge in [0.2, 0.25) is 5.91 Å². The first-order valence-electron chi connectivity index (χ1n) is 7.23. The molecule has 0 aliphatic carbocycles. The molecule has 0 spiro atoms. The van der Waals surface area contributed by atoms with E-state index in [1.807, 2.05) is 30.3 Å². The molecule has 1 unspecified atom stereocenters. The van der Waals surface area contributed by atoms with E-state index in [4.69, 9.17) is 23.2 Å². The quantitative estimate of drug-likeness (QED) is 0.707. The summed E-state index contributed by atoms with van der Waals surface area (Å²) in [6.07, 6.45) is 1.30. The first-order chi connectivity index (χ1) is 11.0. The highest BCUT2D eigenvalue weighted by atomic mass is 35.5. The minimum absolute atomic E-state index is 0.0610. The van der Waals surface area contributed by atoms with Crippen molar-refractivity contribution in [2.45, 2.75) is 18.8 Å². The Morgan fingerprint density at radius 2 is 1.83 bits per heavy atom. The third-order valence-electron chi connectivity index (χ3n) is 3.73. The molecule has 23 heavy (non-hydrogen) atoms. The van der Waals surface area contributed by atoms with Gasteiger partial charge in [0.15, 0.2) is 0 Å². The smallest absolute Gasteiger partial charge is 0.227 e. The molecule has 0 heterocycles. The number of para-hydroxylation sites is 1. The first kappa shape index (κ1) is 17.5. The molecule has 120 valence electrons. The molecule has 0 aromatic heterocycles. The van der Waals surface area contributed by atoms with Crippen LogP contribution in [-0.4, -0.2) is 19.2 Å². The summed E-state index contributed by atoms with van der Waals surface area (Å²) in [5.74, 6) is -0.282. The fraction of sp³-hybridized carbons (Fsp3) is 0.222. The van der Waals surface area contributed by atoms with Crippen molar-refractivity contribution in [3.05, 3.63) is 64.1 Å². The van der Waals surface area contributed by atoms with Gasteiger partial charge in [-0.1, -0.05) is 47.5 Å². The van der Waals surface area contributed by atoms with Crippen LogP contribution in [0.1, 0.15) is 24.3 Å².